The Balaban J connectivity index is 2.36. The summed E-state index contributed by atoms with van der Waals surface area (Å²) in [5, 5.41) is 31.5. The number of hydrogen-bond acceptors (Lipinski definition) is 8. The number of carboxylic acid groups (broad SMARTS) is 3. The standard InChI is InChI=1S/C29H41N5O6S/c1-20(2)29(41)32-22-11-9-21(10-12-22)14-25(17-33(18-27(37)38)13-4-3-8-26(35)36)34(19-28(39)40)16-24-7-5-6-23(15-30)31-24/h5-7,9-12,20,25H,3-4,8,13-19,30H2,1-2H3,(H,32,41)(H,35,36)(H,37,38)(H,39,40)/t25-/m0/s1. The van der Waals surface area contributed by atoms with E-state index in [0.29, 0.717) is 37.2 Å². The van der Waals surface area contributed by atoms with E-state index in [1.807, 2.05) is 50.2 Å². The molecule has 2 rings (SSSR count). The van der Waals surface area contributed by atoms with Gasteiger partial charge in [0.15, 0.2) is 0 Å². The maximum absolute atomic E-state index is 12.0. The monoisotopic (exact) mass is 587 g/mol. The predicted molar refractivity (Wildman–Crippen MR) is 161 cm³/mol. The van der Waals surface area contributed by atoms with Crippen LogP contribution in [0.4, 0.5) is 5.69 Å². The molecule has 224 valence electrons. The number of anilines is 1. The second kappa shape index (κ2) is 17.4. The molecule has 1 aromatic carbocycles. The molecule has 2 aromatic rings. The van der Waals surface area contributed by atoms with Crippen molar-refractivity contribution >= 4 is 40.8 Å². The molecule has 0 amide bonds. The van der Waals surface area contributed by atoms with Gasteiger partial charge < -0.3 is 26.4 Å². The summed E-state index contributed by atoms with van der Waals surface area (Å²) in [5.41, 5.74) is 8.89. The first-order valence-corrected chi connectivity index (χ1v) is 14.0. The van der Waals surface area contributed by atoms with Crippen LogP contribution in [0.3, 0.4) is 0 Å². The Morgan fingerprint density at radius 2 is 1.61 bits per heavy atom. The van der Waals surface area contributed by atoms with Crippen LogP contribution in [0.5, 0.6) is 0 Å². The van der Waals surface area contributed by atoms with Crippen molar-refractivity contribution in [3.05, 3.63) is 59.4 Å². The van der Waals surface area contributed by atoms with Crippen LogP contribution in [0.15, 0.2) is 42.5 Å². The molecule has 12 heteroatoms. The number of aliphatic carboxylic acids is 3. The van der Waals surface area contributed by atoms with E-state index in [0.717, 1.165) is 16.2 Å². The fourth-order valence-electron chi connectivity index (χ4n) is 4.35. The van der Waals surface area contributed by atoms with Gasteiger partial charge in [-0.15, -0.1) is 0 Å². The lowest BCUT2D eigenvalue weighted by Crippen LogP contribution is -2.48. The van der Waals surface area contributed by atoms with Crippen LogP contribution >= 0.6 is 12.2 Å². The third kappa shape index (κ3) is 13.2. The summed E-state index contributed by atoms with van der Waals surface area (Å²) in [6.07, 6.45) is 1.36. The highest BCUT2D eigenvalue weighted by Crippen LogP contribution is 2.18. The van der Waals surface area contributed by atoms with Crippen LogP contribution in [-0.2, 0) is 33.9 Å². The molecule has 0 aliphatic rings. The molecule has 0 aliphatic heterocycles. The highest BCUT2D eigenvalue weighted by molar-refractivity contribution is 7.80. The molecule has 1 aromatic heterocycles. The normalized spacial score (nSPS) is 12.0. The number of pyridine rings is 1. The SMILES string of the molecule is CC(C)C(=S)Nc1ccc(C[C@@H](CN(CCCCC(=O)O)CC(=O)O)N(CC(=O)O)Cc2cccc(CN)n2)cc1. The topological polar surface area (TPSA) is 169 Å². The van der Waals surface area contributed by atoms with Gasteiger partial charge in [-0.25, -0.2) is 0 Å². The fraction of sp³-hybridized carbons (Fsp3) is 0.483. The fourth-order valence-corrected chi connectivity index (χ4v) is 4.47. The zero-order valence-electron chi connectivity index (χ0n) is 23.7. The number of benzene rings is 1. The van der Waals surface area contributed by atoms with Gasteiger partial charge in [-0.05, 0) is 55.6 Å². The summed E-state index contributed by atoms with van der Waals surface area (Å²) >= 11 is 5.38. The number of carbonyl (C=O) groups is 3. The second-order valence-electron chi connectivity index (χ2n) is 10.3. The van der Waals surface area contributed by atoms with E-state index in [1.165, 1.54) is 0 Å². The van der Waals surface area contributed by atoms with E-state index in [1.54, 1.807) is 15.9 Å². The lowest BCUT2D eigenvalue weighted by Gasteiger charge is -2.34. The zero-order valence-corrected chi connectivity index (χ0v) is 24.5. The zero-order chi connectivity index (χ0) is 30.4. The second-order valence-corrected chi connectivity index (χ2v) is 10.7. The van der Waals surface area contributed by atoms with Gasteiger partial charge in [-0.3, -0.25) is 29.2 Å². The molecule has 1 atom stereocenters. The first-order chi connectivity index (χ1) is 19.5. The lowest BCUT2D eigenvalue weighted by atomic mass is 10.0. The Morgan fingerprint density at radius 3 is 2.20 bits per heavy atom. The average molecular weight is 588 g/mol. The largest absolute Gasteiger partial charge is 0.481 e. The van der Waals surface area contributed by atoms with Crippen LogP contribution in [0.2, 0.25) is 0 Å². The van der Waals surface area contributed by atoms with Gasteiger partial charge in [0, 0.05) is 43.7 Å². The number of nitrogens with zero attached hydrogens (tertiary/aromatic N) is 3. The van der Waals surface area contributed by atoms with Crippen LogP contribution in [0.1, 0.15) is 50.1 Å². The summed E-state index contributed by atoms with van der Waals surface area (Å²) in [4.78, 5) is 43.4. The maximum atomic E-state index is 12.0. The third-order valence-corrected chi connectivity index (χ3v) is 7.03. The van der Waals surface area contributed by atoms with Crippen molar-refractivity contribution in [3.63, 3.8) is 0 Å². The van der Waals surface area contributed by atoms with E-state index in [4.69, 9.17) is 23.1 Å². The minimum Gasteiger partial charge on any atom is -0.481 e. The molecule has 0 bridgehead atoms. The van der Waals surface area contributed by atoms with Gasteiger partial charge in [0.25, 0.3) is 0 Å². The molecule has 0 aliphatic carbocycles. The summed E-state index contributed by atoms with van der Waals surface area (Å²) in [5.74, 6) is -2.74. The highest BCUT2D eigenvalue weighted by Gasteiger charge is 2.26. The van der Waals surface area contributed by atoms with Crippen molar-refractivity contribution in [1.29, 1.82) is 0 Å². The minimum absolute atomic E-state index is 0.000733. The molecule has 0 unspecified atom stereocenters. The summed E-state index contributed by atoms with van der Waals surface area (Å²) in [7, 11) is 0. The number of unbranched alkanes of at least 4 members (excludes halogenated alkanes) is 1. The Labute approximate surface area is 246 Å². The van der Waals surface area contributed by atoms with E-state index >= 15 is 0 Å². The van der Waals surface area contributed by atoms with E-state index in [2.05, 4.69) is 10.3 Å². The van der Waals surface area contributed by atoms with Gasteiger partial charge in [0.05, 0.1) is 29.5 Å². The van der Waals surface area contributed by atoms with E-state index < -0.39 is 17.9 Å². The first kappa shape index (κ1) is 33.8. The summed E-state index contributed by atoms with van der Waals surface area (Å²) in [6.45, 7) is 4.60. The summed E-state index contributed by atoms with van der Waals surface area (Å²) in [6, 6.07) is 12.8. The molecule has 0 fully saturated rings. The molecule has 6 N–H and O–H groups in total. The average Bonchev–Trinajstić information content (AvgIpc) is 2.90. The number of nitrogens with one attached hydrogen (secondary N) is 1. The van der Waals surface area contributed by atoms with Crippen LogP contribution in [0.25, 0.3) is 0 Å². The molecule has 0 spiro atoms. The van der Waals surface area contributed by atoms with Gasteiger partial charge in [-0.2, -0.15) is 0 Å². The molecule has 0 saturated heterocycles. The molecule has 0 radical (unpaired) electrons. The summed E-state index contributed by atoms with van der Waals surface area (Å²) < 4.78 is 0. The van der Waals surface area contributed by atoms with Crippen LogP contribution in [0, 0.1) is 5.92 Å². The molecule has 1 heterocycles. The van der Waals surface area contributed by atoms with Gasteiger partial charge >= 0.3 is 17.9 Å². The minimum atomic E-state index is -1.02. The Morgan fingerprint density at radius 1 is 0.951 bits per heavy atom. The van der Waals surface area contributed by atoms with Crippen LogP contribution < -0.4 is 11.1 Å². The molecular weight excluding hydrogens is 546 g/mol. The van der Waals surface area contributed by atoms with Crippen molar-refractivity contribution in [3.8, 4) is 0 Å². The predicted octanol–water partition coefficient (Wildman–Crippen LogP) is 3.08. The van der Waals surface area contributed by atoms with Gasteiger partial charge in [0.1, 0.15) is 0 Å². The van der Waals surface area contributed by atoms with Crippen molar-refractivity contribution in [2.24, 2.45) is 11.7 Å². The van der Waals surface area contributed by atoms with Crippen molar-refractivity contribution < 1.29 is 29.7 Å². The quantitative estimate of drug-likeness (QED) is 0.120. The Bertz CT molecular complexity index is 1160. The Hall–Kier alpha value is -3.45. The van der Waals surface area contributed by atoms with Crippen molar-refractivity contribution in [1.82, 2.24) is 14.8 Å². The Kier molecular flexibility index (Phi) is 14.3. The number of nitrogens with two attached hydrogens (primary N) is 1. The van der Waals surface area contributed by atoms with Crippen molar-refractivity contribution in [2.75, 3.05) is 31.5 Å². The smallest absolute Gasteiger partial charge is 0.317 e. The maximum Gasteiger partial charge on any atom is 0.317 e. The van der Waals surface area contributed by atoms with Gasteiger partial charge in [0.2, 0.25) is 0 Å². The first-order valence-electron chi connectivity index (χ1n) is 13.6. The van der Waals surface area contributed by atoms with Crippen LogP contribution in [-0.4, -0.2) is 85.2 Å². The third-order valence-electron chi connectivity index (χ3n) is 6.45. The highest BCUT2D eigenvalue weighted by atomic mass is 32.1. The lowest BCUT2D eigenvalue weighted by molar-refractivity contribution is -0.141. The number of thiocarbonyl (C=S) groups is 1. The molecule has 41 heavy (non-hydrogen) atoms. The van der Waals surface area contributed by atoms with Crippen molar-refractivity contribution in [2.45, 2.75) is 58.7 Å². The van der Waals surface area contributed by atoms with E-state index in [-0.39, 0.29) is 51.1 Å². The number of carboxylic acids is 3. The molecule has 11 nitrogen and oxygen atoms in total. The number of aromatic nitrogens is 1. The van der Waals surface area contributed by atoms with Gasteiger partial charge in [-0.1, -0.05) is 44.3 Å². The van der Waals surface area contributed by atoms with E-state index in [9.17, 15) is 24.6 Å². The number of rotatable bonds is 19. The molecule has 0 saturated carbocycles. The number of hydrogen-bond donors (Lipinski definition) is 5. The molecular formula is C29H41N5O6S.